The van der Waals surface area contributed by atoms with Crippen LogP contribution in [0.5, 0.6) is 0 Å². The zero-order valence-electron chi connectivity index (χ0n) is 13.7. The molecule has 0 saturated heterocycles. The number of aryl methyl sites for hydroxylation is 1. The molecular weight excluding hydrogens is 345 g/mol. The molecule has 6 nitrogen and oxygen atoms in total. The molecule has 1 aromatic carbocycles. The van der Waals surface area contributed by atoms with Gasteiger partial charge in [0.05, 0.1) is 0 Å². The second-order valence-electron chi connectivity index (χ2n) is 5.62. The Morgan fingerprint density at radius 1 is 1.19 bits per heavy atom. The Hall–Kier alpha value is -3.23. The standard InChI is InChI=1S/C17H15F3N6/c1-10-4-6-11(7-5-10)9-23-14-12(3-2-8-22-14)13(21)15-24-16(26-25-15)17(18,19)20/h2-8,21H,9H2,1H3,(H,22,23)(H,24,25,26). The summed E-state index contributed by atoms with van der Waals surface area (Å²) in [7, 11) is 0. The van der Waals surface area contributed by atoms with E-state index in [1.807, 2.05) is 31.2 Å². The van der Waals surface area contributed by atoms with Gasteiger partial charge in [-0.25, -0.2) is 9.97 Å². The number of alkyl halides is 3. The highest BCUT2D eigenvalue weighted by Crippen LogP contribution is 2.26. The summed E-state index contributed by atoms with van der Waals surface area (Å²) in [6.07, 6.45) is -3.13. The number of H-pyrrole nitrogens is 1. The lowest BCUT2D eigenvalue weighted by Crippen LogP contribution is -2.12. The molecular formula is C17H15F3N6. The van der Waals surface area contributed by atoms with Gasteiger partial charge in [-0.15, -0.1) is 5.10 Å². The maximum Gasteiger partial charge on any atom is 0.453 e. The van der Waals surface area contributed by atoms with Crippen LogP contribution in [0, 0.1) is 12.3 Å². The van der Waals surface area contributed by atoms with Crippen molar-refractivity contribution in [1.29, 1.82) is 5.41 Å². The van der Waals surface area contributed by atoms with E-state index >= 15 is 0 Å². The number of benzene rings is 1. The van der Waals surface area contributed by atoms with Gasteiger partial charge in [0.15, 0.2) is 5.82 Å². The van der Waals surface area contributed by atoms with Crippen LogP contribution in [0.2, 0.25) is 0 Å². The molecule has 3 aromatic rings. The summed E-state index contributed by atoms with van der Waals surface area (Å²) >= 11 is 0. The number of hydrogen-bond donors (Lipinski definition) is 3. The van der Waals surface area contributed by atoms with Crippen LogP contribution in [0.4, 0.5) is 19.0 Å². The first kappa shape index (κ1) is 17.6. The molecule has 0 amide bonds. The molecule has 134 valence electrons. The minimum Gasteiger partial charge on any atom is -0.365 e. The molecule has 9 heteroatoms. The number of aromatic nitrogens is 4. The molecule has 0 radical (unpaired) electrons. The second kappa shape index (κ2) is 6.95. The summed E-state index contributed by atoms with van der Waals surface area (Å²) in [5.74, 6) is -1.21. The van der Waals surface area contributed by atoms with Gasteiger partial charge in [-0.1, -0.05) is 29.8 Å². The first-order valence-electron chi connectivity index (χ1n) is 7.68. The Bertz CT molecular complexity index is 915. The Balaban J connectivity index is 1.81. The van der Waals surface area contributed by atoms with E-state index in [0.717, 1.165) is 11.1 Å². The average Bonchev–Trinajstić information content (AvgIpc) is 3.11. The topological polar surface area (TPSA) is 90.3 Å². The fourth-order valence-corrected chi connectivity index (χ4v) is 2.27. The molecule has 0 fully saturated rings. The number of rotatable bonds is 5. The van der Waals surface area contributed by atoms with E-state index in [2.05, 4.69) is 25.5 Å². The highest BCUT2D eigenvalue weighted by atomic mass is 19.4. The Labute approximate surface area is 147 Å². The molecule has 0 aliphatic heterocycles. The van der Waals surface area contributed by atoms with Crippen LogP contribution in [0.1, 0.15) is 28.3 Å². The smallest absolute Gasteiger partial charge is 0.365 e. The quantitative estimate of drug-likeness (QED) is 0.607. The number of pyridine rings is 1. The molecule has 0 saturated carbocycles. The van der Waals surface area contributed by atoms with Gasteiger partial charge in [-0.3, -0.25) is 10.5 Å². The van der Waals surface area contributed by atoms with E-state index in [9.17, 15) is 13.2 Å². The predicted molar refractivity (Wildman–Crippen MR) is 90.1 cm³/mol. The van der Waals surface area contributed by atoms with Crippen LogP contribution >= 0.6 is 0 Å². The lowest BCUT2D eigenvalue weighted by Gasteiger charge is -2.11. The Morgan fingerprint density at radius 2 is 1.92 bits per heavy atom. The van der Waals surface area contributed by atoms with Gasteiger partial charge in [0.1, 0.15) is 11.5 Å². The van der Waals surface area contributed by atoms with E-state index < -0.39 is 12.0 Å². The van der Waals surface area contributed by atoms with Gasteiger partial charge in [0, 0.05) is 18.3 Å². The van der Waals surface area contributed by atoms with Crippen LogP contribution in [0.25, 0.3) is 0 Å². The van der Waals surface area contributed by atoms with Crippen molar-refractivity contribution in [3.63, 3.8) is 0 Å². The van der Waals surface area contributed by atoms with Crippen LogP contribution < -0.4 is 5.32 Å². The van der Waals surface area contributed by atoms with Gasteiger partial charge in [0.25, 0.3) is 5.82 Å². The molecule has 0 spiro atoms. The van der Waals surface area contributed by atoms with E-state index in [1.165, 1.54) is 6.20 Å². The molecule has 3 rings (SSSR count). The maximum atomic E-state index is 12.6. The Morgan fingerprint density at radius 3 is 2.58 bits per heavy atom. The fourth-order valence-electron chi connectivity index (χ4n) is 2.27. The summed E-state index contributed by atoms with van der Waals surface area (Å²) in [6.45, 7) is 2.45. The highest BCUT2D eigenvalue weighted by Gasteiger charge is 2.36. The zero-order valence-corrected chi connectivity index (χ0v) is 13.7. The molecule has 0 aliphatic rings. The first-order valence-corrected chi connectivity index (χ1v) is 7.68. The van der Waals surface area contributed by atoms with Gasteiger partial charge in [0.2, 0.25) is 0 Å². The van der Waals surface area contributed by atoms with Crippen molar-refractivity contribution >= 4 is 11.5 Å². The van der Waals surface area contributed by atoms with E-state index in [1.54, 1.807) is 12.1 Å². The molecule has 2 heterocycles. The summed E-state index contributed by atoms with van der Waals surface area (Å²) in [6, 6.07) is 11.1. The van der Waals surface area contributed by atoms with Crippen molar-refractivity contribution in [2.75, 3.05) is 5.32 Å². The van der Waals surface area contributed by atoms with E-state index in [4.69, 9.17) is 5.41 Å². The lowest BCUT2D eigenvalue weighted by atomic mass is 10.1. The molecule has 2 aromatic heterocycles. The second-order valence-corrected chi connectivity index (χ2v) is 5.62. The Kier molecular flexibility index (Phi) is 4.70. The summed E-state index contributed by atoms with van der Waals surface area (Å²) < 4.78 is 37.9. The van der Waals surface area contributed by atoms with E-state index in [0.29, 0.717) is 17.9 Å². The fraction of sp³-hybridized carbons (Fsp3) is 0.176. The molecule has 0 bridgehead atoms. The van der Waals surface area contributed by atoms with Crippen LogP contribution in [-0.4, -0.2) is 25.9 Å². The van der Waals surface area contributed by atoms with Gasteiger partial charge in [-0.2, -0.15) is 13.2 Å². The number of nitrogens with zero attached hydrogens (tertiary/aromatic N) is 3. The minimum atomic E-state index is -4.67. The average molecular weight is 360 g/mol. The van der Waals surface area contributed by atoms with Gasteiger partial charge in [-0.05, 0) is 24.6 Å². The molecule has 0 unspecified atom stereocenters. The van der Waals surface area contributed by atoms with Crippen molar-refractivity contribution in [1.82, 2.24) is 20.2 Å². The lowest BCUT2D eigenvalue weighted by molar-refractivity contribution is -0.144. The maximum absolute atomic E-state index is 12.6. The van der Waals surface area contributed by atoms with E-state index in [-0.39, 0.29) is 11.5 Å². The first-order chi connectivity index (χ1) is 12.3. The highest BCUT2D eigenvalue weighted by molar-refractivity contribution is 6.11. The van der Waals surface area contributed by atoms with Gasteiger partial charge < -0.3 is 5.32 Å². The molecule has 0 aliphatic carbocycles. The van der Waals surface area contributed by atoms with Crippen molar-refractivity contribution in [2.24, 2.45) is 0 Å². The number of aromatic amines is 1. The van der Waals surface area contributed by atoms with Crippen molar-refractivity contribution in [2.45, 2.75) is 19.6 Å². The van der Waals surface area contributed by atoms with Crippen LogP contribution in [0.15, 0.2) is 42.6 Å². The summed E-state index contributed by atoms with van der Waals surface area (Å²) in [5.41, 5.74) is 2.24. The van der Waals surface area contributed by atoms with Gasteiger partial charge >= 0.3 is 6.18 Å². The molecule has 26 heavy (non-hydrogen) atoms. The monoisotopic (exact) mass is 360 g/mol. The third kappa shape index (κ3) is 3.88. The van der Waals surface area contributed by atoms with Crippen LogP contribution in [-0.2, 0) is 12.7 Å². The normalized spacial score (nSPS) is 11.4. The van der Waals surface area contributed by atoms with Crippen molar-refractivity contribution in [3.8, 4) is 0 Å². The number of halogens is 3. The predicted octanol–water partition coefficient (Wildman–Crippen LogP) is 3.56. The summed E-state index contributed by atoms with van der Waals surface area (Å²) in [5, 5.41) is 16.5. The number of hydrogen-bond acceptors (Lipinski definition) is 5. The van der Waals surface area contributed by atoms with Crippen LogP contribution in [0.3, 0.4) is 0 Å². The SMILES string of the molecule is Cc1ccc(CNc2ncccc2C(=N)c2nc(C(F)(F)F)n[nH]2)cc1. The van der Waals surface area contributed by atoms with Crippen molar-refractivity contribution < 1.29 is 13.2 Å². The molecule has 0 atom stereocenters. The number of anilines is 1. The third-order valence-electron chi connectivity index (χ3n) is 3.63. The van der Waals surface area contributed by atoms with Crippen molar-refractivity contribution in [3.05, 3.63) is 70.9 Å². The minimum absolute atomic E-state index is 0.229. The largest absolute Gasteiger partial charge is 0.453 e. The third-order valence-corrected chi connectivity index (χ3v) is 3.63. The number of nitrogens with one attached hydrogen (secondary N) is 3. The zero-order chi connectivity index (χ0) is 18.7. The summed E-state index contributed by atoms with van der Waals surface area (Å²) in [4.78, 5) is 7.53. The molecule has 3 N–H and O–H groups in total.